The largest absolute Gasteiger partial charge is 0.316 e. The zero-order valence-electron chi connectivity index (χ0n) is 10.5. The number of nitriles is 1. The SMILES string of the molecule is CCC(C#N)S(=O)(=O)N(C)CC1CCCNC1. The van der Waals surface area contributed by atoms with Gasteiger partial charge in [-0.3, -0.25) is 0 Å². The van der Waals surface area contributed by atoms with E-state index >= 15 is 0 Å². The van der Waals surface area contributed by atoms with Crippen LogP contribution >= 0.6 is 0 Å². The fourth-order valence-electron chi connectivity index (χ4n) is 2.13. The highest BCUT2D eigenvalue weighted by Gasteiger charge is 2.30. The van der Waals surface area contributed by atoms with E-state index in [1.807, 2.05) is 6.07 Å². The van der Waals surface area contributed by atoms with Crippen LogP contribution in [0.1, 0.15) is 26.2 Å². The third-order valence-electron chi connectivity index (χ3n) is 3.22. The van der Waals surface area contributed by atoms with Crippen LogP contribution in [0.5, 0.6) is 0 Å². The second-order valence-electron chi connectivity index (χ2n) is 4.56. The van der Waals surface area contributed by atoms with Crippen LogP contribution < -0.4 is 5.32 Å². The van der Waals surface area contributed by atoms with Gasteiger partial charge < -0.3 is 5.32 Å². The summed E-state index contributed by atoms with van der Waals surface area (Å²) in [4.78, 5) is 0. The highest BCUT2D eigenvalue weighted by Crippen LogP contribution is 2.16. The Hall–Kier alpha value is -0.640. The van der Waals surface area contributed by atoms with E-state index in [1.54, 1.807) is 14.0 Å². The number of nitrogens with zero attached hydrogens (tertiary/aromatic N) is 2. The van der Waals surface area contributed by atoms with Crippen LogP contribution in [0.15, 0.2) is 0 Å². The zero-order chi connectivity index (χ0) is 12.9. The maximum Gasteiger partial charge on any atom is 0.230 e. The summed E-state index contributed by atoms with van der Waals surface area (Å²) in [5.41, 5.74) is 0. The van der Waals surface area contributed by atoms with Crippen LogP contribution in [0.2, 0.25) is 0 Å². The molecule has 0 aliphatic carbocycles. The predicted molar refractivity (Wildman–Crippen MR) is 66.8 cm³/mol. The van der Waals surface area contributed by atoms with Gasteiger partial charge >= 0.3 is 0 Å². The normalized spacial score (nSPS) is 23.3. The number of sulfonamides is 1. The Bertz CT molecular complexity index is 369. The van der Waals surface area contributed by atoms with Crippen LogP contribution in [0.4, 0.5) is 0 Å². The van der Waals surface area contributed by atoms with E-state index in [9.17, 15) is 8.42 Å². The molecule has 2 atom stereocenters. The van der Waals surface area contributed by atoms with Crippen molar-refractivity contribution in [2.75, 3.05) is 26.7 Å². The maximum atomic E-state index is 12.0. The van der Waals surface area contributed by atoms with Crippen LogP contribution in [-0.2, 0) is 10.0 Å². The Morgan fingerprint density at radius 2 is 2.29 bits per heavy atom. The molecule has 98 valence electrons. The van der Waals surface area contributed by atoms with Crippen molar-refractivity contribution in [1.82, 2.24) is 9.62 Å². The molecule has 0 aromatic rings. The molecule has 0 amide bonds. The molecule has 1 fully saturated rings. The molecule has 1 aliphatic rings. The topological polar surface area (TPSA) is 73.2 Å². The van der Waals surface area contributed by atoms with E-state index < -0.39 is 15.3 Å². The minimum atomic E-state index is -3.46. The second-order valence-corrected chi connectivity index (χ2v) is 6.79. The lowest BCUT2D eigenvalue weighted by Gasteiger charge is -2.28. The van der Waals surface area contributed by atoms with Gasteiger partial charge in [-0.1, -0.05) is 6.92 Å². The molecule has 1 rings (SSSR count). The molecule has 1 N–H and O–H groups in total. The Kier molecular flexibility index (Phi) is 5.37. The molecule has 0 radical (unpaired) electrons. The quantitative estimate of drug-likeness (QED) is 0.782. The van der Waals surface area contributed by atoms with Crippen molar-refractivity contribution in [3.63, 3.8) is 0 Å². The number of hydrogen-bond donors (Lipinski definition) is 1. The molecule has 0 aromatic heterocycles. The molecule has 17 heavy (non-hydrogen) atoms. The summed E-state index contributed by atoms with van der Waals surface area (Å²) in [6, 6.07) is 1.86. The summed E-state index contributed by atoms with van der Waals surface area (Å²) in [6.07, 6.45) is 2.48. The third-order valence-corrected chi connectivity index (χ3v) is 5.40. The van der Waals surface area contributed by atoms with Gasteiger partial charge in [-0.25, -0.2) is 12.7 Å². The summed E-state index contributed by atoms with van der Waals surface area (Å²) < 4.78 is 25.4. The van der Waals surface area contributed by atoms with Crippen molar-refractivity contribution in [2.45, 2.75) is 31.4 Å². The average Bonchev–Trinajstić information content (AvgIpc) is 2.31. The monoisotopic (exact) mass is 259 g/mol. The Balaban J connectivity index is 2.62. The molecule has 1 heterocycles. The highest BCUT2D eigenvalue weighted by atomic mass is 32.2. The van der Waals surface area contributed by atoms with E-state index in [4.69, 9.17) is 5.26 Å². The van der Waals surface area contributed by atoms with E-state index in [0.717, 1.165) is 25.9 Å². The first-order valence-corrected chi connectivity index (χ1v) is 7.58. The standard InChI is InChI=1S/C11H21N3O2S/c1-3-11(7-12)17(15,16)14(2)9-10-5-4-6-13-8-10/h10-11,13H,3-6,8-9H2,1-2H3. The van der Waals surface area contributed by atoms with Crippen molar-refractivity contribution < 1.29 is 8.42 Å². The fourth-order valence-corrected chi connectivity index (χ4v) is 3.54. The summed E-state index contributed by atoms with van der Waals surface area (Å²) >= 11 is 0. The smallest absolute Gasteiger partial charge is 0.230 e. The number of piperidine rings is 1. The van der Waals surface area contributed by atoms with Crippen LogP contribution in [0, 0.1) is 17.2 Å². The molecule has 6 heteroatoms. The Labute approximate surface area is 104 Å². The molecule has 0 spiro atoms. The summed E-state index contributed by atoms with van der Waals surface area (Å²) in [6.45, 7) is 4.11. The lowest BCUT2D eigenvalue weighted by atomic mass is 10.00. The van der Waals surface area contributed by atoms with Gasteiger partial charge in [0.1, 0.15) is 0 Å². The van der Waals surface area contributed by atoms with E-state index in [2.05, 4.69) is 5.32 Å². The van der Waals surface area contributed by atoms with Gasteiger partial charge in [-0.15, -0.1) is 0 Å². The molecule has 0 bridgehead atoms. The molecule has 5 nitrogen and oxygen atoms in total. The third kappa shape index (κ3) is 3.66. The molecule has 2 unspecified atom stereocenters. The molecule has 0 saturated carbocycles. The van der Waals surface area contributed by atoms with Crippen molar-refractivity contribution in [3.8, 4) is 6.07 Å². The van der Waals surface area contributed by atoms with Gasteiger partial charge in [-0.05, 0) is 38.3 Å². The maximum absolute atomic E-state index is 12.0. The van der Waals surface area contributed by atoms with Crippen LogP contribution in [0.3, 0.4) is 0 Å². The lowest BCUT2D eigenvalue weighted by Crippen LogP contribution is -2.42. The average molecular weight is 259 g/mol. The summed E-state index contributed by atoms with van der Waals surface area (Å²) in [7, 11) is -1.88. The number of hydrogen-bond acceptors (Lipinski definition) is 4. The van der Waals surface area contributed by atoms with E-state index in [0.29, 0.717) is 18.9 Å². The predicted octanol–water partition coefficient (Wildman–Crippen LogP) is 0.550. The van der Waals surface area contributed by atoms with Gasteiger partial charge in [0.15, 0.2) is 5.25 Å². The van der Waals surface area contributed by atoms with Gasteiger partial charge in [0.05, 0.1) is 6.07 Å². The molecule has 1 aliphatic heterocycles. The summed E-state index contributed by atoms with van der Waals surface area (Å²) in [5.74, 6) is 0.361. The first kappa shape index (κ1) is 14.4. The second kappa shape index (κ2) is 6.34. The highest BCUT2D eigenvalue weighted by molar-refractivity contribution is 7.89. The van der Waals surface area contributed by atoms with Gasteiger partial charge in [0, 0.05) is 13.6 Å². The van der Waals surface area contributed by atoms with Gasteiger partial charge in [-0.2, -0.15) is 5.26 Å². The van der Waals surface area contributed by atoms with Crippen molar-refractivity contribution in [3.05, 3.63) is 0 Å². The number of rotatable bonds is 5. The van der Waals surface area contributed by atoms with Gasteiger partial charge in [0.25, 0.3) is 0 Å². The summed E-state index contributed by atoms with van der Waals surface area (Å²) in [5, 5.41) is 11.2. The van der Waals surface area contributed by atoms with Crippen LogP contribution in [0.25, 0.3) is 0 Å². The zero-order valence-corrected chi connectivity index (χ0v) is 11.3. The van der Waals surface area contributed by atoms with E-state index in [1.165, 1.54) is 4.31 Å². The molecular formula is C11H21N3O2S. The van der Waals surface area contributed by atoms with Crippen molar-refractivity contribution in [1.29, 1.82) is 5.26 Å². The first-order valence-electron chi connectivity index (χ1n) is 6.07. The Morgan fingerprint density at radius 1 is 1.59 bits per heavy atom. The molecule has 0 aromatic carbocycles. The minimum Gasteiger partial charge on any atom is -0.316 e. The van der Waals surface area contributed by atoms with E-state index in [-0.39, 0.29) is 0 Å². The fraction of sp³-hybridized carbons (Fsp3) is 0.909. The minimum absolute atomic E-state index is 0.339. The molecule has 1 saturated heterocycles. The Morgan fingerprint density at radius 3 is 2.76 bits per heavy atom. The first-order chi connectivity index (χ1) is 8.02. The van der Waals surface area contributed by atoms with Crippen molar-refractivity contribution in [2.24, 2.45) is 5.92 Å². The van der Waals surface area contributed by atoms with Crippen LogP contribution in [-0.4, -0.2) is 44.7 Å². The van der Waals surface area contributed by atoms with Crippen molar-refractivity contribution >= 4 is 10.0 Å². The van der Waals surface area contributed by atoms with Gasteiger partial charge in [0.2, 0.25) is 10.0 Å². The molecular weight excluding hydrogens is 238 g/mol. The lowest BCUT2D eigenvalue weighted by molar-refractivity contribution is 0.313. The number of nitrogens with one attached hydrogen (secondary N) is 1.